The second-order valence-corrected chi connectivity index (χ2v) is 7.50. The molecular weight excluding hydrogens is 324 g/mol. The van der Waals surface area contributed by atoms with Crippen molar-refractivity contribution in [2.75, 3.05) is 0 Å². The molecule has 1 fully saturated rings. The molecule has 0 saturated heterocycles. The van der Waals surface area contributed by atoms with Crippen LogP contribution in [0.4, 0.5) is 0 Å². The number of fused-ring (bicyclic) bond motifs is 3. The normalized spacial score (nSPS) is 21.4. The third-order valence-corrected chi connectivity index (χ3v) is 5.88. The summed E-state index contributed by atoms with van der Waals surface area (Å²) in [5.41, 5.74) is 0.332. The van der Waals surface area contributed by atoms with Gasteiger partial charge in [-0.2, -0.15) is 5.10 Å². The summed E-state index contributed by atoms with van der Waals surface area (Å²) in [6, 6.07) is 4.05. The topological polar surface area (TPSA) is 68.4 Å². The summed E-state index contributed by atoms with van der Waals surface area (Å²) < 4.78 is 3.04. The van der Waals surface area contributed by atoms with E-state index in [0.29, 0.717) is 11.4 Å². The molecule has 0 aromatic carbocycles. The number of aromatic nitrogens is 3. The van der Waals surface area contributed by atoms with E-state index >= 15 is 0 Å². The van der Waals surface area contributed by atoms with Crippen molar-refractivity contribution in [1.29, 1.82) is 0 Å². The third-order valence-electron chi connectivity index (χ3n) is 4.96. The number of amides is 1. The number of hydrogen-bond donors (Lipinski definition) is 1. The third kappa shape index (κ3) is 2.62. The molecule has 1 amide bonds. The Bertz CT molecular complexity index is 954. The number of hydrogen-bond acceptors (Lipinski definition) is 4. The van der Waals surface area contributed by atoms with Crippen LogP contribution in [0, 0.1) is 5.92 Å². The SMILES string of the molecule is CC1CCCCC1NC(=O)Cn1ncn2c(cc3ccsc32)c1=O. The molecule has 7 heteroatoms. The van der Waals surface area contributed by atoms with Gasteiger partial charge in [0.05, 0.1) is 0 Å². The molecule has 0 spiro atoms. The lowest BCUT2D eigenvalue weighted by Crippen LogP contribution is -2.43. The molecule has 126 valence electrons. The Morgan fingerprint density at radius 2 is 2.25 bits per heavy atom. The first-order chi connectivity index (χ1) is 11.6. The molecule has 4 rings (SSSR count). The van der Waals surface area contributed by atoms with Gasteiger partial charge >= 0.3 is 0 Å². The Hall–Kier alpha value is -2.15. The van der Waals surface area contributed by atoms with Crippen LogP contribution in [0.1, 0.15) is 32.6 Å². The van der Waals surface area contributed by atoms with Gasteiger partial charge in [-0.05, 0) is 36.3 Å². The number of nitrogens with one attached hydrogen (secondary N) is 1. The lowest BCUT2D eigenvalue weighted by Gasteiger charge is -2.29. The van der Waals surface area contributed by atoms with Crippen LogP contribution in [-0.4, -0.2) is 26.1 Å². The fraction of sp³-hybridized carbons (Fsp3) is 0.471. The summed E-state index contributed by atoms with van der Waals surface area (Å²) in [4.78, 5) is 25.9. The number of rotatable bonds is 3. The van der Waals surface area contributed by atoms with Gasteiger partial charge in [0, 0.05) is 11.4 Å². The van der Waals surface area contributed by atoms with E-state index in [-0.39, 0.29) is 24.1 Å². The molecule has 2 atom stereocenters. The predicted octanol–water partition coefficient (Wildman–Crippen LogP) is 2.41. The molecule has 3 aromatic rings. The van der Waals surface area contributed by atoms with E-state index < -0.39 is 0 Å². The first kappa shape index (κ1) is 15.4. The first-order valence-corrected chi connectivity index (χ1v) is 9.25. The summed E-state index contributed by atoms with van der Waals surface area (Å²) >= 11 is 1.57. The smallest absolute Gasteiger partial charge is 0.291 e. The molecule has 1 saturated carbocycles. The summed E-state index contributed by atoms with van der Waals surface area (Å²) in [7, 11) is 0. The predicted molar refractivity (Wildman–Crippen MR) is 94.4 cm³/mol. The zero-order valence-corrected chi connectivity index (χ0v) is 14.4. The largest absolute Gasteiger partial charge is 0.351 e. The highest BCUT2D eigenvalue weighted by atomic mass is 32.1. The number of carbonyl (C=O) groups excluding carboxylic acids is 1. The van der Waals surface area contributed by atoms with E-state index in [2.05, 4.69) is 17.3 Å². The van der Waals surface area contributed by atoms with Crippen LogP contribution in [0.5, 0.6) is 0 Å². The van der Waals surface area contributed by atoms with Crippen molar-refractivity contribution in [1.82, 2.24) is 19.5 Å². The molecule has 0 radical (unpaired) electrons. The Morgan fingerprint density at radius 1 is 1.42 bits per heavy atom. The highest BCUT2D eigenvalue weighted by Gasteiger charge is 2.23. The van der Waals surface area contributed by atoms with E-state index in [0.717, 1.165) is 29.5 Å². The van der Waals surface area contributed by atoms with Gasteiger partial charge in [0.15, 0.2) is 0 Å². The molecule has 24 heavy (non-hydrogen) atoms. The number of nitrogens with zero attached hydrogens (tertiary/aromatic N) is 3. The van der Waals surface area contributed by atoms with Crippen LogP contribution in [0.25, 0.3) is 15.7 Å². The van der Waals surface area contributed by atoms with Gasteiger partial charge in [-0.3, -0.25) is 14.0 Å². The van der Waals surface area contributed by atoms with Crippen molar-refractivity contribution < 1.29 is 4.79 Å². The minimum absolute atomic E-state index is 0.0304. The van der Waals surface area contributed by atoms with Crippen molar-refractivity contribution in [2.45, 2.75) is 45.2 Å². The average Bonchev–Trinajstić information content (AvgIpc) is 3.14. The van der Waals surface area contributed by atoms with E-state index in [1.165, 1.54) is 11.1 Å². The molecule has 6 nitrogen and oxygen atoms in total. The molecule has 3 aromatic heterocycles. The maximum absolute atomic E-state index is 12.6. The van der Waals surface area contributed by atoms with Crippen LogP contribution in [0.15, 0.2) is 28.6 Å². The maximum Gasteiger partial charge on any atom is 0.291 e. The van der Waals surface area contributed by atoms with E-state index in [4.69, 9.17) is 0 Å². The van der Waals surface area contributed by atoms with E-state index in [1.807, 2.05) is 17.5 Å². The fourth-order valence-corrected chi connectivity index (χ4v) is 4.42. The molecule has 0 aliphatic heterocycles. The van der Waals surface area contributed by atoms with Gasteiger partial charge in [0.1, 0.15) is 23.2 Å². The monoisotopic (exact) mass is 344 g/mol. The number of thiophene rings is 1. The molecule has 0 bridgehead atoms. The second kappa shape index (κ2) is 6.05. The summed E-state index contributed by atoms with van der Waals surface area (Å²) in [6.45, 7) is 2.14. The summed E-state index contributed by atoms with van der Waals surface area (Å²) in [6.07, 6.45) is 6.17. The second-order valence-electron chi connectivity index (χ2n) is 6.61. The average molecular weight is 344 g/mol. The van der Waals surface area contributed by atoms with Gasteiger partial charge < -0.3 is 5.32 Å². The number of carbonyl (C=O) groups is 1. The van der Waals surface area contributed by atoms with Gasteiger partial charge in [-0.25, -0.2) is 4.68 Å². The van der Waals surface area contributed by atoms with Crippen LogP contribution in [0.3, 0.4) is 0 Å². The Balaban J connectivity index is 1.56. The minimum atomic E-state index is -0.229. The van der Waals surface area contributed by atoms with E-state index in [1.54, 1.807) is 22.1 Å². The fourth-order valence-electron chi connectivity index (χ4n) is 3.55. The van der Waals surface area contributed by atoms with Crippen molar-refractivity contribution in [3.05, 3.63) is 34.2 Å². The van der Waals surface area contributed by atoms with Gasteiger partial charge in [-0.15, -0.1) is 11.3 Å². The standard InChI is InChI=1S/C17H20N4O2S/c1-11-4-2-3-5-13(11)19-15(22)9-21-16(23)14-8-12-6-7-24-17(12)20(14)10-18-21/h6-8,10-11,13H,2-5,9H2,1H3,(H,19,22). The molecule has 1 N–H and O–H groups in total. The minimum Gasteiger partial charge on any atom is -0.351 e. The Labute approximate surface area is 143 Å². The summed E-state index contributed by atoms with van der Waals surface area (Å²) in [5, 5.41) is 10.3. The zero-order chi connectivity index (χ0) is 16.7. The summed E-state index contributed by atoms with van der Waals surface area (Å²) in [5.74, 6) is 0.355. The van der Waals surface area contributed by atoms with Crippen LogP contribution < -0.4 is 10.9 Å². The van der Waals surface area contributed by atoms with Gasteiger partial charge in [0.25, 0.3) is 5.56 Å². The first-order valence-electron chi connectivity index (χ1n) is 8.37. The van der Waals surface area contributed by atoms with Gasteiger partial charge in [0.2, 0.25) is 5.91 Å². The van der Waals surface area contributed by atoms with Crippen LogP contribution >= 0.6 is 11.3 Å². The molecule has 1 aliphatic rings. The zero-order valence-electron chi connectivity index (χ0n) is 13.6. The quantitative estimate of drug-likeness (QED) is 0.793. The van der Waals surface area contributed by atoms with Crippen LogP contribution in [-0.2, 0) is 11.3 Å². The van der Waals surface area contributed by atoms with Crippen molar-refractivity contribution in [2.24, 2.45) is 5.92 Å². The van der Waals surface area contributed by atoms with Crippen molar-refractivity contribution in [3.8, 4) is 0 Å². The van der Waals surface area contributed by atoms with Crippen molar-refractivity contribution in [3.63, 3.8) is 0 Å². The lowest BCUT2D eigenvalue weighted by molar-refractivity contribution is -0.123. The Kier molecular flexibility index (Phi) is 3.88. The molecular formula is C17H20N4O2S. The lowest BCUT2D eigenvalue weighted by atomic mass is 9.86. The molecule has 2 unspecified atom stereocenters. The molecule has 1 aliphatic carbocycles. The Morgan fingerprint density at radius 3 is 3.08 bits per heavy atom. The maximum atomic E-state index is 12.6. The highest BCUT2D eigenvalue weighted by molar-refractivity contribution is 7.16. The van der Waals surface area contributed by atoms with Gasteiger partial charge in [-0.1, -0.05) is 19.8 Å². The van der Waals surface area contributed by atoms with Crippen LogP contribution in [0.2, 0.25) is 0 Å². The van der Waals surface area contributed by atoms with Crippen molar-refractivity contribution >= 4 is 33.0 Å². The van der Waals surface area contributed by atoms with E-state index in [9.17, 15) is 9.59 Å². The highest BCUT2D eigenvalue weighted by Crippen LogP contribution is 2.24. The molecule has 3 heterocycles.